The van der Waals surface area contributed by atoms with Crippen LogP contribution in [0.1, 0.15) is 20.3 Å². The van der Waals surface area contributed by atoms with Crippen LogP contribution in [0.2, 0.25) is 0 Å². The standard InChI is InChI=1S/C16H23NO3S/c1-15(2)9-10-21-11-16(15,14(18)20-4)17-12-5-7-13(19-3)8-6-12/h5-8,17H,9-11H2,1-4H3. The molecule has 0 amide bonds. The number of esters is 1. The zero-order valence-corrected chi connectivity index (χ0v) is 13.9. The first-order chi connectivity index (χ1) is 9.95. The van der Waals surface area contributed by atoms with Crippen molar-refractivity contribution in [1.29, 1.82) is 0 Å². The summed E-state index contributed by atoms with van der Waals surface area (Å²) < 4.78 is 10.3. The van der Waals surface area contributed by atoms with Crippen LogP contribution in [0, 0.1) is 5.41 Å². The second kappa shape index (κ2) is 6.18. The maximum atomic E-state index is 12.5. The maximum Gasteiger partial charge on any atom is 0.332 e. The van der Waals surface area contributed by atoms with E-state index in [0.29, 0.717) is 5.75 Å². The van der Waals surface area contributed by atoms with Crippen molar-refractivity contribution in [3.63, 3.8) is 0 Å². The molecule has 1 saturated heterocycles. The van der Waals surface area contributed by atoms with Gasteiger partial charge in [-0.05, 0) is 36.4 Å². The van der Waals surface area contributed by atoms with Gasteiger partial charge >= 0.3 is 5.97 Å². The third kappa shape index (κ3) is 2.98. The third-order valence-electron chi connectivity index (χ3n) is 4.33. The van der Waals surface area contributed by atoms with E-state index < -0.39 is 5.54 Å². The molecule has 2 rings (SSSR count). The van der Waals surface area contributed by atoms with E-state index >= 15 is 0 Å². The molecule has 0 bridgehead atoms. The van der Waals surface area contributed by atoms with Crippen LogP contribution in [-0.4, -0.2) is 37.2 Å². The van der Waals surface area contributed by atoms with E-state index in [1.54, 1.807) is 18.9 Å². The zero-order valence-electron chi connectivity index (χ0n) is 13.1. The third-order valence-corrected chi connectivity index (χ3v) is 5.46. The highest BCUT2D eigenvalue weighted by atomic mass is 32.2. The van der Waals surface area contributed by atoms with Gasteiger partial charge in [0, 0.05) is 16.9 Å². The predicted octanol–water partition coefficient (Wildman–Crippen LogP) is 3.18. The van der Waals surface area contributed by atoms with Crippen molar-refractivity contribution in [3.05, 3.63) is 24.3 Å². The maximum absolute atomic E-state index is 12.5. The number of ether oxygens (including phenoxy) is 2. The molecule has 1 aromatic carbocycles. The molecule has 1 heterocycles. The van der Waals surface area contributed by atoms with Gasteiger partial charge in [-0.25, -0.2) is 4.79 Å². The SMILES string of the molecule is COC(=O)C1(Nc2ccc(OC)cc2)CSCCC1(C)C. The minimum atomic E-state index is -0.709. The highest BCUT2D eigenvalue weighted by Gasteiger charge is 2.53. The predicted molar refractivity (Wildman–Crippen MR) is 87.1 cm³/mol. The number of nitrogens with one attached hydrogen (secondary N) is 1. The molecule has 1 N–H and O–H groups in total. The molecule has 116 valence electrons. The first-order valence-electron chi connectivity index (χ1n) is 7.03. The summed E-state index contributed by atoms with van der Waals surface area (Å²) in [7, 11) is 3.09. The molecule has 1 fully saturated rings. The Morgan fingerprint density at radius 2 is 1.90 bits per heavy atom. The molecule has 0 spiro atoms. The monoisotopic (exact) mass is 309 g/mol. The van der Waals surface area contributed by atoms with E-state index in [2.05, 4.69) is 19.2 Å². The normalized spacial score (nSPS) is 24.2. The number of rotatable bonds is 4. The van der Waals surface area contributed by atoms with Crippen molar-refractivity contribution in [1.82, 2.24) is 0 Å². The average molecular weight is 309 g/mol. The summed E-state index contributed by atoms with van der Waals surface area (Å²) >= 11 is 1.79. The summed E-state index contributed by atoms with van der Waals surface area (Å²) in [6.45, 7) is 4.25. The zero-order chi connectivity index (χ0) is 15.5. The van der Waals surface area contributed by atoms with Gasteiger partial charge in [-0.15, -0.1) is 0 Å². The summed E-state index contributed by atoms with van der Waals surface area (Å²) in [5.41, 5.74) is 0.0154. The largest absolute Gasteiger partial charge is 0.497 e. The van der Waals surface area contributed by atoms with Crippen molar-refractivity contribution in [2.75, 3.05) is 31.0 Å². The molecule has 5 heteroatoms. The Labute approximate surface area is 130 Å². The molecule has 1 aliphatic rings. The lowest BCUT2D eigenvalue weighted by Gasteiger charge is -2.48. The van der Waals surface area contributed by atoms with Crippen LogP contribution in [-0.2, 0) is 9.53 Å². The van der Waals surface area contributed by atoms with Crippen LogP contribution in [0.3, 0.4) is 0 Å². The average Bonchev–Trinajstić information content (AvgIpc) is 2.49. The Bertz CT molecular complexity index is 501. The fraction of sp³-hybridized carbons (Fsp3) is 0.562. The van der Waals surface area contributed by atoms with Crippen molar-refractivity contribution < 1.29 is 14.3 Å². The Morgan fingerprint density at radius 3 is 2.43 bits per heavy atom. The molecule has 1 unspecified atom stereocenters. The van der Waals surface area contributed by atoms with Gasteiger partial charge in [0.2, 0.25) is 0 Å². The molecule has 0 saturated carbocycles. The smallest absolute Gasteiger partial charge is 0.332 e. The van der Waals surface area contributed by atoms with Crippen molar-refractivity contribution in [2.24, 2.45) is 5.41 Å². The van der Waals surface area contributed by atoms with Crippen molar-refractivity contribution >= 4 is 23.4 Å². The van der Waals surface area contributed by atoms with Crippen molar-refractivity contribution in [2.45, 2.75) is 25.8 Å². The molecular formula is C16H23NO3S. The first kappa shape index (κ1) is 16.0. The second-order valence-electron chi connectivity index (χ2n) is 5.94. The summed E-state index contributed by atoms with van der Waals surface area (Å²) in [5, 5.41) is 3.44. The Morgan fingerprint density at radius 1 is 1.24 bits per heavy atom. The Balaban J connectivity index is 2.33. The van der Waals surface area contributed by atoms with Crippen LogP contribution in [0.5, 0.6) is 5.75 Å². The van der Waals surface area contributed by atoms with E-state index in [9.17, 15) is 4.79 Å². The number of anilines is 1. The second-order valence-corrected chi connectivity index (χ2v) is 7.04. The van der Waals surface area contributed by atoms with Crippen LogP contribution >= 0.6 is 11.8 Å². The quantitative estimate of drug-likeness (QED) is 0.866. The number of hydrogen-bond acceptors (Lipinski definition) is 5. The van der Waals surface area contributed by atoms with E-state index in [4.69, 9.17) is 9.47 Å². The minimum Gasteiger partial charge on any atom is -0.497 e. The lowest BCUT2D eigenvalue weighted by atomic mass is 9.70. The van der Waals surface area contributed by atoms with Crippen LogP contribution in [0.15, 0.2) is 24.3 Å². The molecule has 0 aromatic heterocycles. The lowest BCUT2D eigenvalue weighted by molar-refractivity contribution is -0.149. The van der Waals surface area contributed by atoms with Gasteiger partial charge in [-0.2, -0.15) is 11.8 Å². The van der Waals surface area contributed by atoms with Crippen LogP contribution < -0.4 is 10.1 Å². The number of benzene rings is 1. The highest BCUT2D eigenvalue weighted by molar-refractivity contribution is 7.99. The number of thioether (sulfide) groups is 1. The minimum absolute atomic E-state index is 0.175. The number of methoxy groups -OCH3 is 2. The van der Waals surface area contributed by atoms with Gasteiger partial charge < -0.3 is 14.8 Å². The first-order valence-corrected chi connectivity index (χ1v) is 8.19. The molecule has 4 nitrogen and oxygen atoms in total. The van der Waals surface area contributed by atoms with E-state index in [1.165, 1.54) is 7.11 Å². The summed E-state index contributed by atoms with van der Waals surface area (Å²) in [5.74, 6) is 2.37. The molecular weight excluding hydrogens is 286 g/mol. The molecule has 0 aliphatic carbocycles. The van der Waals surface area contributed by atoms with Gasteiger partial charge in [0.15, 0.2) is 0 Å². The Hall–Kier alpha value is -1.36. The van der Waals surface area contributed by atoms with E-state index in [0.717, 1.165) is 23.6 Å². The number of carbonyl (C=O) groups is 1. The summed E-state index contributed by atoms with van der Waals surface area (Å²) in [4.78, 5) is 12.5. The van der Waals surface area contributed by atoms with Gasteiger partial charge in [-0.1, -0.05) is 13.8 Å². The van der Waals surface area contributed by atoms with Crippen LogP contribution in [0.25, 0.3) is 0 Å². The van der Waals surface area contributed by atoms with Gasteiger partial charge in [-0.3, -0.25) is 0 Å². The molecule has 1 aliphatic heterocycles. The summed E-state index contributed by atoms with van der Waals surface area (Å²) in [6.07, 6.45) is 0.968. The van der Waals surface area contributed by atoms with E-state index in [1.807, 2.05) is 24.3 Å². The fourth-order valence-electron chi connectivity index (χ4n) is 2.65. The summed E-state index contributed by atoms with van der Waals surface area (Å²) in [6, 6.07) is 7.63. The molecule has 0 radical (unpaired) electrons. The highest BCUT2D eigenvalue weighted by Crippen LogP contribution is 2.45. The van der Waals surface area contributed by atoms with Gasteiger partial charge in [0.1, 0.15) is 11.3 Å². The number of hydrogen-bond donors (Lipinski definition) is 1. The topological polar surface area (TPSA) is 47.6 Å². The molecule has 1 aromatic rings. The van der Waals surface area contributed by atoms with Crippen molar-refractivity contribution in [3.8, 4) is 5.75 Å². The van der Waals surface area contributed by atoms with E-state index in [-0.39, 0.29) is 11.4 Å². The van der Waals surface area contributed by atoms with Crippen LogP contribution in [0.4, 0.5) is 5.69 Å². The fourth-order valence-corrected chi connectivity index (χ4v) is 4.33. The molecule has 1 atom stereocenters. The number of carbonyl (C=O) groups excluding carboxylic acids is 1. The van der Waals surface area contributed by atoms with Gasteiger partial charge in [0.05, 0.1) is 14.2 Å². The lowest BCUT2D eigenvalue weighted by Crippen LogP contribution is -2.61. The Kier molecular flexibility index (Phi) is 4.71. The van der Waals surface area contributed by atoms with Gasteiger partial charge in [0.25, 0.3) is 0 Å². The molecule has 21 heavy (non-hydrogen) atoms.